The smallest absolute Gasteiger partial charge is 0.357 e. The Hall–Kier alpha value is -1.53. The number of nitrogens with zero attached hydrogens (tertiary/aromatic N) is 1. The SMILES string of the molecule is COC(=O)c1csc(C2CSc3ccccc3O2)n1. The topological polar surface area (TPSA) is 48.4 Å². The molecule has 1 aliphatic rings. The maximum Gasteiger partial charge on any atom is 0.357 e. The monoisotopic (exact) mass is 293 g/mol. The number of rotatable bonds is 2. The van der Waals surface area contributed by atoms with E-state index in [2.05, 4.69) is 9.72 Å². The zero-order valence-electron chi connectivity index (χ0n) is 10.2. The summed E-state index contributed by atoms with van der Waals surface area (Å²) in [4.78, 5) is 16.8. The van der Waals surface area contributed by atoms with Gasteiger partial charge in [0, 0.05) is 16.0 Å². The van der Waals surface area contributed by atoms with Crippen LogP contribution < -0.4 is 4.74 Å². The molecule has 3 rings (SSSR count). The molecule has 0 amide bonds. The summed E-state index contributed by atoms with van der Waals surface area (Å²) in [7, 11) is 1.35. The van der Waals surface area contributed by atoms with Crippen LogP contribution in [0.3, 0.4) is 0 Å². The highest BCUT2D eigenvalue weighted by Crippen LogP contribution is 2.40. The van der Waals surface area contributed by atoms with Crippen molar-refractivity contribution in [3.8, 4) is 5.75 Å². The molecule has 1 aromatic heterocycles. The van der Waals surface area contributed by atoms with Gasteiger partial charge in [-0.15, -0.1) is 23.1 Å². The normalized spacial score (nSPS) is 17.4. The van der Waals surface area contributed by atoms with Crippen molar-refractivity contribution >= 4 is 29.1 Å². The molecule has 0 fully saturated rings. The number of carbonyl (C=O) groups is 1. The first kappa shape index (κ1) is 12.5. The molecule has 0 spiro atoms. The molecule has 6 heteroatoms. The van der Waals surface area contributed by atoms with Gasteiger partial charge in [0.25, 0.3) is 0 Å². The molecule has 0 radical (unpaired) electrons. The largest absolute Gasteiger partial charge is 0.481 e. The lowest BCUT2D eigenvalue weighted by Crippen LogP contribution is -2.15. The number of esters is 1. The molecule has 0 bridgehead atoms. The lowest BCUT2D eigenvalue weighted by molar-refractivity contribution is 0.0594. The first-order valence-corrected chi connectivity index (χ1v) is 7.56. The molecule has 1 aliphatic heterocycles. The number of hydrogen-bond acceptors (Lipinski definition) is 6. The maximum atomic E-state index is 11.4. The molecule has 1 unspecified atom stereocenters. The minimum atomic E-state index is -0.411. The van der Waals surface area contributed by atoms with Crippen molar-refractivity contribution < 1.29 is 14.3 Å². The van der Waals surface area contributed by atoms with Crippen LogP contribution in [-0.2, 0) is 4.74 Å². The van der Waals surface area contributed by atoms with Crippen molar-refractivity contribution in [2.24, 2.45) is 0 Å². The number of fused-ring (bicyclic) bond motifs is 1. The second-order valence-electron chi connectivity index (χ2n) is 3.93. The van der Waals surface area contributed by atoms with Gasteiger partial charge in [-0.05, 0) is 12.1 Å². The minimum Gasteiger partial charge on any atom is -0.481 e. The molecule has 2 aromatic rings. The van der Waals surface area contributed by atoms with E-state index in [9.17, 15) is 4.79 Å². The molecule has 4 nitrogen and oxygen atoms in total. The van der Waals surface area contributed by atoms with Crippen LogP contribution in [0.15, 0.2) is 34.5 Å². The molecule has 0 saturated carbocycles. The zero-order chi connectivity index (χ0) is 13.2. The Morgan fingerprint density at radius 3 is 3.16 bits per heavy atom. The Bertz CT molecular complexity index is 611. The molecule has 1 aromatic carbocycles. The third kappa shape index (κ3) is 2.46. The average Bonchev–Trinajstić information content (AvgIpc) is 2.95. The number of thioether (sulfide) groups is 1. The van der Waals surface area contributed by atoms with Crippen molar-refractivity contribution in [2.75, 3.05) is 12.9 Å². The van der Waals surface area contributed by atoms with Crippen LogP contribution in [-0.4, -0.2) is 23.8 Å². The van der Waals surface area contributed by atoms with Crippen molar-refractivity contribution in [1.82, 2.24) is 4.98 Å². The lowest BCUT2D eigenvalue weighted by atomic mass is 10.3. The predicted octanol–water partition coefficient (Wildman–Crippen LogP) is 3.16. The number of carbonyl (C=O) groups excluding carboxylic acids is 1. The number of thiazole rings is 1. The summed E-state index contributed by atoms with van der Waals surface area (Å²) in [6.07, 6.45) is -0.108. The highest BCUT2D eigenvalue weighted by atomic mass is 32.2. The van der Waals surface area contributed by atoms with Crippen molar-refractivity contribution in [1.29, 1.82) is 0 Å². The maximum absolute atomic E-state index is 11.4. The third-order valence-corrected chi connectivity index (χ3v) is 4.75. The van der Waals surface area contributed by atoms with Gasteiger partial charge >= 0.3 is 5.97 Å². The summed E-state index contributed by atoms with van der Waals surface area (Å²) in [5.74, 6) is 1.26. The summed E-state index contributed by atoms with van der Waals surface area (Å²) in [6, 6.07) is 7.93. The van der Waals surface area contributed by atoms with Gasteiger partial charge in [-0.1, -0.05) is 12.1 Å². The van der Waals surface area contributed by atoms with E-state index in [1.54, 1.807) is 17.1 Å². The number of aromatic nitrogens is 1. The summed E-state index contributed by atoms with van der Waals surface area (Å²) < 4.78 is 10.6. The molecule has 0 aliphatic carbocycles. The van der Waals surface area contributed by atoms with E-state index < -0.39 is 5.97 Å². The Kier molecular flexibility index (Phi) is 3.44. The van der Waals surface area contributed by atoms with Gasteiger partial charge in [0.1, 0.15) is 10.8 Å². The molecule has 2 heterocycles. The number of para-hydroxylation sites is 1. The highest BCUT2D eigenvalue weighted by Gasteiger charge is 2.25. The van der Waals surface area contributed by atoms with Gasteiger partial charge < -0.3 is 9.47 Å². The van der Waals surface area contributed by atoms with Crippen molar-refractivity contribution in [2.45, 2.75) is 11.0 Å². The van der Waals surface area contributed by atoms with E-state index in [0.29, 0.717) is 5.69 Å². The summed E-state index contributed by atoms with van der Waals surface area (Å²) in [6.45, 7) is 0. The first-order chi connectivity index (χ1) is 9.28. The van der Waals surface area contributed by atoms with E-state index in [1.165, 1.54) is 18.4 Å². The number of ether oxygens (including phenoxy) is 2. The molecule has 0 N–H and O–H groups in total. The second-order valence-corrected chi connectivity index (χ2v) is 5.88. The second kappa shape index (κ2) is 5.22. The predicted molar refractivity (Wildman–Crippen MR) is 74.0 cm³/mol. The van der Waals surface area contributed by atoms with Gasteiger partial charge in [0.05, 0.1) is 7.11 Å². The Morgan fingerprint density at radius 1 is 1.47 bits per heavy atom. The highest BCUT2D eigenvalue weighted by molar-refractivity contribution is 7.99. The van der Waals surface area contributed by atoms with Crippen LogP contribution >= 0.6 is 23.1 Å². The van der Waals surface area contributed by atoms with E-state index in [-0.39, 0.29) is 6.10 Å². The van der Waals surface area contributed by atoms with Gasteiger partial charge in [-0.3, -0.25) is 0 Å². The van der Waals surface area contributed by atoms with Crippen LogP contribution in [0.4, 0.5) is 0 Å². The third-order valence-electron chi connectivity index (χ3n) is 2.70. The van der Waals surface area contributed by atoms with E-state index in [4.69, 9.17) is 4.74 Å². The summed E-state index contributed by atoms with van der Waals surface area (Å²) >= 11 is 3.16. The Balaban J connectivity index is 1.81. The summed E-state index contributed by atoms with van der Waals surface area (Å²) in [5.41, 5.74) is 0.343. The van der Waals surface area contributed by atoms with E-state index in [1.807, 2.05) is 24.3 Å². The number of methoxy groups -OCH3 is 1. The standard InChI is InChI=1S/C13H11NO3S2/c1-16-13(15)8-6-19-12(14-8)10-7-18-11-5-3-2-4-9(11)17-10/h2-6,10H,7H2,1H3. The van der Waals surface area contributed by atoms with Crippen LogP contribution in [0.1, 0.15) is 21.6 Å². The minimum absolute atomic E-state index is 0.108. The molecule has 1 atom stereocenters. The van der Waals surface area contributed by atoms with Crippen LogP contribution in [0.5, 0.6) is 5.75 Å². The number of benzene rings is 1. The Labute approximate surface area is 118 Å². The fourth-order valence-corrected chi connectivity index (χ4v) is 3.69. The van der Waals surface area contributed by atoms with Crippen molar-refractivity contribution in [3.05, 3.63) is 40.3 Å². The zero-order valence-corrected chi connectivity index (χ0v) is 11.8. The molecule has 19 heavy (non-hydrogen) atoms. The van der Waals surface area contributed by atoms with Crippen molar-refractivity contribution in [3.63, 3.8) is 0 Å². The van der Waals surface area contributed by atoms with Gasteiger partial charge in [-0.25, -0.2) is 9.78 Å². The van der Waals surface area contributed by atoms with Gasteiger partial charge in [-0.2, -0.15) is 0 Å². The van der Waals surface area contributed by atoms with Crippen LogP contribution in [0, 0.1) is 0 Å². The average molecular weight is 293 g/mol. The fraction of sp³-hybridized carbons (Fsp3) is 0.231. The summed E-state index contributed by atoms with van der Waals surface area (Å²) in [5, 5.41) is 2.51. The molecule has 0 saturated heterocycles. The molecular weight excluding hydrogens is 282 g/mol. The first-order valence-electron chi connectivity index (χ1n) is 5.70. The Morgan fingerprint density at radius 2 is 2.32 bits per heavy atom. The van der Waals surface area contributed by atoms with E-state index >= 15 is 0 Å². The fourth-order valence-electron chi connectivity index (χ4n) is 1.78. The lowest BCUT2D eigenvalue weighted by Gasteiger charge is -2.23. The van der Waals surface area contributed by atoms with Gasteiger partial charge in [0.15, 0.2) is 11.8 Å². The quantitative estimate of drug-likeness (QED) is 0.796. The van der Waals surface area contributed by atoms with Crippen LogP contribution in [0.2, 0.25) is 0 Å². The van der Waals surface area contributed by atoms with E-state index in [0.717, 1.165) is 21.4 Å². The molecule has 98 valence electrons. The molecular formula is C13H11NO3S2. The van der Waals surface area contributed by atoms with Gasteiger partial charge in [0.2, 0.25) is 0 Å². The number of hydrogen-bond donors (Lipinski definition) is 0. The van der Waals surface area contributed by atoms with Crippen LogP contribution in [0.25, 0.3) is 0 Å².